The maximum atomic E-state index is 13.1. The van der Waals surface area contributed by atoms with Crippen LogP contribution in [0.15, 0.2) is 23.1 Å². The number of ether oxygens (including phenoxy) is 2. The molecule has 1 fully saturated rings. The van der Waals surface area contributed by atoms with Gasteiger partial charge < -0.3 is 19.7 Å². The molecule has 1 aromatic rings. The fourth-order valence-corrected chi connectivity index (χ4v) is 4.88. The highest BCUT2D eigenvalue weighted by Gasteiger charge is 2.30. The van der Waals surface area contributed by atoms with Crippen molar-refractivity contribution in [2.75, 3.05) is 53.0 Å². The molecule has 2 heterocycles. The number of nitrogens with one attached hydrogen (secondary N) is 1. The molecule has 8 nitrogen and oxygen atoms in total. The third-order valence-corrected chi connectivity index (χ3v) is 6.74. The minimum atomic E-state index is -3.65. The van der Waals surface area contributed by atoms with Crippen molar-refractivity contribution in [2.24, 2.45) is 5.92 Å². The number of hydrogen-bond acceptors (Lipinski definition) is 6. The quantitative estimate of drug-likeness (QED) is 0.780. The van der Waals surface area contributed by atoms with E-state index in [1.54, 1.807) is 17.0 Å². The van der Waals surface area contributed by atoms with E-state index in [0.29, 0.717) is 57.3 Å². The van der Waals surface area contributed by atoms with Gasteiger partial charge in [-0.1, -0.05) is 6.92 Å². The molecule has 9 heteroatoms. The Bertz CT molecular complexity index is 783. The zero-order valence-electron chi connectivity index (χ0n) is 15.8. The van der Waals surface area contributed by atoms with Crippen molar-refractivity contribution in [1.82, 2.24) is 14.5 Å². The van der Waals surface area contributed by atoms with Crippen molar-refractivity contribution < 1.29 is 22.7 Å². The van der Waals surface area contributed by atoms with Gasteiger partial charge in [0.05, 0.1) is 4.90 Å². The summed E-state index contributed by atoms with van der Waals surface area (Å²) in [5.74, 6) is 0.945. The number of carbonyl (C=O) groups excluding carboxylic acids is 1. The first-order valence-corrected chi connectivity index (χ1v) is 10.7. The summed E-state index contributed by atoms with van der Waals surface area (Å²) in [6.07, 6.45) is 0.613. The van der Waals surface area contributed by atoms with E-state index in [-0.39, 0.29) is 23.3 Å². The Balaban J connectivity index is 1.72. The van der Waals surface area contributed by atoms with Gasteiger partial charge in [-0.2, -0.15) is 4.31 Å². The molecule has 1 amide bonds. The van der Waals surface area contributed by atoms with Crippen LogP contribution < -0.4 is 14.8 Å². The predicted octanol–water partition coefficient (Wildman–Crippen LogP) is 0.536. The van der Waals surface area contributed by atoms with E-state index < -0.39 is 10.0 Å². The molecule has 0 aromatic heterocycles. The second-order valence-electron chi connectivity index (χ2n) is 6.85. The Morgan fingerprint density at radius 2 is 1.89 bits per heavy atom. The average molecular weight is 397 g/mol. The van der Waals surface area contributed by atoms with Gasteiger partial charge in [0.2, 0.25) is 15.9 Å². The molecular weight excluding hydrogens is 370 g/mol. The van der Waals surface area contributed by atoms with Gasteiger partial charge in [-0.25, -0.2) is 8.42 Å². The molecule has 27 heavy (non-hydrogen) atoms. The van der Waals surface area contributed by atoms with Crippen LogP contribution in [0.5, 0.6) is 11.5 Å². The van der Waals surface area contributed by atoms with Crippen molar-refractivity contribution in [3.63, 3.8) is 0 Å². The first-order chi connectivity index (χ1) is 12.9. The molecule has 1 saturated heterocycles. The second kappa shape index (κ2) is 8.45. The zero-order chi connectivity index (χ0) is 19.4. The molecule has 0 spiro atoms. The minimum Gasteiger partial charge on any atom is -0.486 e. The maximum Gasteiger partial charge on any atom is 0.243 e. The van der Waals surface area contributed by atoms with E-state index in [1.165, 1.54) is 10.4 Å². The van der Waals surface area contributed by atoms with Crippen LogP contribution in [-0.4, -0.2) is 76.5 Å². The molecule has 0 saturated carbocycles. The second-order valence-corrected chi connectivity index (χ2v) is 8.79. The third kappa shape index (κ3) is 4.36. The Hall–Kier alpha value is -1.84. The fourth-order valence-electron chi connectivity index (χ4n) is 3.39. The fraction of sp³-hybridized carbons (Fsp3) is 0.611. The van der Waals surface area contributed by atoms with Gasteiger partial charge >= 0.3 is 0 Å². The lowest BCUT2D eigenvalue weighted by atomic mass is 10.1. The maximum absolute atomic E-state index is 13.1. The van der Waals surface area contributed by atoms with Crippen LogP contribution in [-0.2, 0) is 14.8 Å². The molecule has 150 valence electrons. The Kier molecular flexibility index (Phi) is 6.23. The monoisotopic (exact) mass is 397 g/mol. The van der Waals surface area contributed by atoms with Gasteiger partial charge in [0.1, 0.15) is 13.2 Å². The smallest absolute Gasteiger partial charge is 0.243 e. The van der Waals surface area contributed by atoms with Gasteiger partial charge in [-0.3, -0.25) is 4.79 Å². The summed E-state index contributed by atoms with van der Waals surface area (Å²) in [6, 6.07) is 4.70. The van der Waals surface area contributed by atoms with Crippen molar-refractivity contribution in [3.05, 3.63) is 18.2 Å². The van der Waals surface area contributed by atoms with Gasteiger partial charge in [0.25, 0.3) is 0 Å². The first-order valence-electron chi connectivity index (χ1n) is 9.26. The molecule has 2 aliphatic rings. The van der Waals surface area contributed by atoms with E-state index in [9.17, 15) is 13.2 Å². The van der Waals surface area contributed by atoms with Gasteiger partial charge in [-0.15, -0.1) is 0 Å². The van der Waals surface area contributed by atoms with E-state index in [0.717, 1.165) is 0 Å². The summed E-state index contributed by atoms with van der Waals surface area (Å²) in [5, 5.41) is 3.01. The highest BCUT2D eigenvalue weighted by Crippen LogP contribution is 2.33. The largest absolute Gasteiger partial charge is 0.486 e. The lowest BCUT2D eigenvalue weighted by molar-refractivity contribution is -0.134. The topological polar surface area (TPSA) is 88.2 Å². The van der Waals surface area contributed by atoms with Crippen molar-refractivity contribution in [1.29, 1.82) is 0 Å². The molecule has 3 rings (SSSR count). The van der Waals surface area contributed by atoms with Gasteiger partial charge in [0, 0.05) is 44.7 Å². The van der Waals surface area contributed by atoms with Crippen molar-refractivity contribution >= 4 is 15.9 Å². The number of hydrogen-bond donors (Lipinski definition) is 1. The SMILES string of the molecule is CNCC(C)C(=O)N1CCCN(S(=O)(=O)c2ccc3c(c2)OCCO3)CC1. The average Bonchev–Trinajstić information content (AvgIpc) is 2.94. The summed E-state index contributed by atoms with van der Waals surface area (Å²) in [4.78, 5) is 14.5. The standard InChI is InChI=1S/C18H27N3O5S/c1-14(13-19-2)18(22)20-6-3-7-21(9-8-20)27(23,24)15-4-5-16-17(12-15)26-11-10-25-16/h4-5,12,14,19H,3,6-11,13H2,1-2H3. The van der Waals surface area contributed by atoms with E-state index in [4.69, 9.17) is 9.47 Å². The molecule has 0 aliphatic carbocycles. The number of sulfonamides is 1. The summed E-state index contributed by atoms with van der Waals surface area (Å²) >= 11 is 0. The molecule has 1 unspecified atom stereocenters. The Morgan fingerprint density at radius 3 is 2.63 bits per heavy atom. The Labute approximate surface area is 160 Å². The molecule has 0 radical (unpaired) electrons. The lowest BCUT2D eigenvalue weighted by Gasteiger charge is -2.25. The lowest BCUT2D eigenvalue weighted by Crippen LogP contribution is -2.41. The number of rotatable bonds is 5. The highest BCUT2D eigenvalue weighted by atomic mass is 32.2. The number of amides is 1. The van der Waals surface area contributed by atoms with Crippen molar-refractivity contribution in [2.45, 2.75) is 18.2 Å². The Morgan fingerprint density at radius 1 is 1.15 bits per heavy atom. The number of carbonyl (C=O) groups is 1. The summed E-state index contributed by atoms with van der Waals surface area (Å²) in [5.41, 5.74) is 0. The van der Waals surface area contributed by atoms with E-state index in [2.05, 4.69) is 5.32 Å². The highest BCUT2D eigenvalue weighted by molar-refractivity contribution is 7.89. The minimum absolute atomic E-state index is 0.0583. The molecule has 1 aromatic carbocycles. The summed E-state index contributed by atoms with van der Waals surface area (Å²) in [6.45, 7) is 5.00. The van der Waals surface area contributed by atoms with Crippen LogP contribution >= 0.6 is 0 Å². The third-order valence-electron chi connectivity index (χ3n) is 4.85. The van der Waals surface area contributed by atoms with Crippen LogP contribution in [0.1, 0.15) is 13.3 Å². The number of fused-ring (bicyclic) bond motifs is 1. The van der Waals surface area contributed by atoms with Crippen LogP contribution in [0, 0.1) is 5.92 Å². The molecule has 0 bridgehead atoms. The van der Waals surface area contributed by atoms with E-state index in [1.807, 2.05) is 14.0 Å². The number of benzene rings is 1. The zero-order valence-corrected chi connectivity index (χ0v) is 16.6. The predicted molar refractivity (Wildman–Crippen MR) is 100 cm³/mol. The molecular formula is C18H27N3O5S. The van der Waals surface area contributed by atoms with Gasteiger partial charge in [-0.05, 0) is 25.6 Å². The summed E-state index contributed by atoms with van der Waals surface area (Å²) in [7, 11) is -1.84. The molecule has 1 atom stereocenters. The van der Waals surface area contributed by atoms with Crippen molar-refractivity contribution in [3.8, 4) is 11.5 Å². The van der Waals surface area contributed by atoms with Crippen LogP contribution in [0.2, 0.25) is 0 Å². The normalized spacial score (nSPS) is 19.4. The number of nitrogens with zero attached hydrogens (tertiary/aromatic N) is 2. The molecule has 2 aliphatic heterocycles. The first kappa shape index (κ1) is 19.9. The van der Waals surface area contributed by atoms with Crippen LogP contribution in [0.25, 0.3) is 0 Å². The van der Waals surface area contributed by atoms with Crippen LogP contribution in [0.4, 0.5) is 0 Å². The van der Waals surface area contributed by atoms with E-state index >= 15 is 0 Å². The van der Waals surface area contributed by atoms with Crippen LogP contribution in [0.3, 0.4) is 0 Å². The van der Waals surface area contributed by atoms with Gasteiger partial charge in [0.15, 0.2) is 11.5 Å². The molecule has 1 N–H and O–H groups in total. The summed E-state index contributed by atoms with van der Waals surface area (Å²) < 4.78 is 38.5.